The molecular weight excluding hydrogens is 178 g/mol. The van der Waals surface area contributed by atoms with E-state index in [9.17, 15) is 13.6 Å². The van der Waals surface area contributed by atoms with Crippen LogP contribution in [0.2, 0.25) is 0 Å². The van der Waals surface area contributed by atoms with Crippen LogP contribution in [0.3, 0.4) is 0 Å². The van der Waals surface area contributed by atoms with Crippen molar-refractivity contribution in [2.75, 3.05) is 12.8 Å². The molecule has 0 atom stereocenters. The summed E-state index contributed by atoms with van der Waals surface area (Å²) in [4.78, 5) is 11.0. The smallest absolute Gasteiger partial charge is 0.256 e. The Hall–Kier alpha value is -1.65. The molecule has 3 nitrogen and oxygen atoms in total. The van der Waals surface area contributed by atoms with Gasteiger partial charge in [0.15, 0.2) is 11.6 Å². The Labute approximate surface area is 73.5 Å². The topological polar surface area (TPSA) is 55.1 Å². The van der Waals surface area contributed by atoms with Crippen molar-refractivity contribution in [2.24, 2.45) is 0 Å². The summed E-state index contributed by atoms with van der Waals surface area (Å²) in [7, 11) is 1.31. The van der Waals surface area contributed by atoms with Crippen LogP contribution in [0.1, 0.15) is 10.4 Å². The van der Waals surface area contributed by atoms with Crippen LogP contribution < -0.4 is 11.1 Å². The van der Waals surface area contributed by atoms with E-state index in [4.69, 9.17) is 5.73 Å². The number of rotatable bonds is 1. The Balaban J connectivity index is 3.33. The van der Waals surface area contributed by atoms with E-state index in [-0.39, 0.29) is 5.69 Å². The molecule has 0 saturated heterocycles. The van der Waals surface area contributed by atoms with Gasteiger partial charge >= 0.3 is 0 Å². The molecule has 0 saturated carbocycles. The third kappa shape index (κ3) is 1.58. The van der Waals surface area contributed by atoms with Crippen LogP contribution in [0, 0.1) is 11.6 Å². The summed E-state index contributed by atoms with van der Waals surface area (Å²) in [6.07, 6.45) is 0. The molecule has 0 fully saturated rings. The van der Waals surface area contributed by atoms with Gasteiger partial charge in [-0.05, 0) is 12.1 Å². The number of hydrogen-bond donors (Lipinski definition) is 2. The Kier molecular flexibility index (Phi) is 2.46. The molecule has 13 heavy (non-hydrogen) atoms. The third-order valence-electron chi connectivity index (χ3n) is 1.58. The minimum absolute atomic E-state index is 0.0850. The van der Waals surface area contributed by atoms with Crippen LogP contribution in [0.25, 0.3) is 0 Å². The third-order valence-corrected chi connectivity index (χ3v) is 1.58. The number of hydrogen-bond acceptors (Lipinski definition) is 2. The average Bonchev–Trinajstić information content (AvgIpc) is 2.12. The Morgan fingerprint density at radius 3 is 2.62 bits per heavy atom. The molecule has 0 bridgehead atoms. The molecule has 70 valence electrons. The molecule has 3 N–H and O–H groups in total. The van der Waals surface area contributed by atoms with Crippen molar-refractivity contribution in [3.8, 4) is 0 Å². The van der Waals surface area contributed by atoms with Crippen molar-refractivity contribution in [1.29, 1.82) is 0 Å². The fourth-order valence-corrected chi connectivity index (χ4v) is 0.921. The lowest BCUT2D eigenvalue weighted by Gasteiger charge is -2.05. The summed E-state index contributed by atoms with van der Waals surface area (Å²) in [5, 5.41) is 2.16. The van der Waals surface area contributed by atoms with Gasteiger partial charge in [-0.25, -0.2) is 8.78 Å². The summed E-state index contributed by atoms with van der Waals surface area (Å²) in [5.74, 6) is -3.05. The van der Waals surface area contributed by atoms with E-state index in [1.165, 1.54) is 7.05 Å². The van der Waals surface area contributed by atoms with E-state index in [2.05, 4.69) is 5.32 Å². The molecule has 1 aromatic rings. The van der Waals surface area contributed by atoms with E-state index in [0.717, 1.165) is 12.1 Å². The van der Waals surface area contributed by atoms with Gasteiger partial charge in [-0.1, -0.05) is 0 Å². The largest absolute Gasteiger partial charge is 0.398 e. The number of nitrogen functional groups attached to an aromatic ring is 1. The molecule has 0 heterocycles. The molecule has 0 aliphatic carbocycles. The molecular formula is C8H8F2N2O. The van der Waals surface area contributed by atoms with Gasteiger partial charge in [-0.2, -0.15) is 0 Å². The number of nitrogens with one attached hydrogen (secondary N) is 1. The van der Waals surface area contributed by atoms with Crippen LogP contribution in [0.15, 0.2) is 12.1 Å². The Morgan fingerprint density at radius 1 is 1.46 bits per heavy atom. The van der Waals surface area contributed by atoms with Crippen LogP contribution >= 0.6 is 0 Å². The van der Waals surface area contributed by atoms with Gasteiger partial charge in [0, 0.05) is 12.7 Å². The molecule has 1 aromatic carbocycles. The van der Waals surface area contributed by atoms with Gasteiger partial charge in [-0.15, -0.1) is 0 Å². The SMILES string of the molecule is CNC(=O)c1c(N)ccc(F)c1F. The fraction of sp³-hybridized carbons (Fsp3) is 0.125. The first-order valence-electron chi connectivity index (χ1n) is 3.53. The van der Waals surface area contributed by atoms with Crippen molar-refractivity contribution in [3.05, 3.63) is 29.3 Å². The maximum atomic E-state index is 13.0. The summed E-state index contributed by atoms with van der Waals surface area (Å²) < 4.78 is 25.6. The summed E-state index contributed by atoms with van der Waals surface area (Å²) >= 11 is 0. The monoisotopic (exact) mass is 186 g/mol. The number of amides is 1. The minimum Gasteiger partial charge on any atom is -0.398 e. The molecule has 5 heteroatoms. The van der Waals surface area contributed by atoms with Gasteiger partial charge in [-0.3, -0.25) is 4.79 Å². The van der Waals surface area contributed by atoms with Crippen LogP contribution in [-0.2, 0) is 0 Å². The van der Waals surface area contributed by atoms with Gasteiger partial charge in [0.2, 0.25) is 0 Å². The summed E-state index contributed by atoms with van der Waals surface area (Å²) in [5.41, 5.74) is 4.76. The van der Waals surface area contributed by atoms with Gasteiger partial charge in [0.25, 0.3) is 5.91 Å². The second-order valence-corrected chi connectivity index (χ2v) is 2.40. The highest BCUT2D eigenvalue weighted by Crippen LogP contribution is 2.18. The number of halogens is 2. The van der Waals surface area contributed by atoms with Crippen molar-refractivity contribution in [1.82, 2.24) is 5.32 Å². The Morgan fingerprint density at radius 2 is 2.08 bits per heavy atom. The molecule has 0 aliphatic heterocycles. The number of carbonyl (C=O) groups excluding carboxylic acids is 1. The predicted molar refractivity (Wildman–Crippen MR) is 44.2 cm³/mol. The quantitative estimate of drug-likeness (QED) is 0.640. The van der Waals surface area contributed by atoms with E-state index in [1.807, 2.05) is 0 Å². The molecule has 1 amide bonds. The summed E-state index contributed by atoms with van der Waals surface area (Å²) in [6, 6.07) is 2.01. The minimum atomic E-state index is -1.22. The van der Waals surface area contributed by atoms with Crippen LogP contribution in [-0.4, -0.2) is 13.0 Å². The second kappa shape index (κ2) is 3.38. The number of anilines is 1. The highest BCUT2D eigenvalue weighted by atomic mass is 19.2. The molecule has 0 radical (unpaired) electrons. The lowest BCUT2D eigenvalue weighted by molar-refractivity contribution is 0.0959. The highest BCUT2D eigenvalue weighted by Gasteiger charge is 2.17. The molecule has 0 spiro atoms. The van der Waals surface area contributed by atoms with Crippen molar-refractivity contribution >= 4 is 11.6 Å². The highest BCUT2D eigenvalue weighted by molar-refractivity contribution is 5.99. The van der Waals surface area contributed by atoms with Crippen LogP contribution in [0.4, 0.5) is 14.5 Å². The van der Waals surface area contributed by atoms with Crippen molar-refractivity contribution in [3.63, 3.8) is 0 Å². The second-order valence-electron chi connectivity index (χ2n) is 2.40. The number of nitrogens with two attached hydrogens (primary N) is 1. The predicted octanol–water partition coefficient (Wildman–Crippen LogP) is 0.907. The van der Waals surface area contributed by atoms with Crippen molar-refractivity contribution < 1.29 is 13.6 Å². The fourth-order valence-electron chi connectivity index (χ4n) is 0.921. The average molecular weight is 186 g/mol. The van der Waals surface area contributed by atoms with E-state index >= 15 is 0 Å². The van der Waals surface area contributed by atoms with Crippen LogP contribution in [0.5, 0.6) is 0 Å². The Bertz CT molecular complexity index is 352. The zero-order valence-electron chi connectivity index (χ0n) is 6.90. The normalized spacial score (nSPS) is 9.77. The van der Waals surface area contributed by atoms with Gasteiger partial charge in [0.1, 0.15) is 5.56 Å². The first-order valence-corrected chi connectivity index (χ1v) is 3.53. The van der Waals surface area contributed by atoms with Gasteiger partial charge < -0.3 is 11.1 Å². The molecule has 1 rings (SSSR count). The number of carbonyl (C=O) groups is 1. The molecule has 0 unspecified atom stereocenters. The first-order chi connectivity index (χ1) is 6.07. The standard InChI is InChI=1S/C8H8F2N2O/c1-12-8(13)6-5(11)3-2-4(9)7(6)10/h2-3H,11H2,1H3,(H,12,13). The summed E-state index contributed by atoms with van der Waals surface area (Å²) in [6.45, 7) is 0. The maximum absolute atomic E-state index is 13.0. The number of benzene rings is 1. The van der Waals surface area contributed by atoms with E-state index in [0.29, 0.717) is 0 Å². The van der Waals surface area contributed by atoms with E-state index in [1.54, 1.807) is 0 Å². The van der Waals surface area contributed by atoms with Crippen molar-refractivity contribution in [2.45, 2.75) is 0 Å². The molecule has 0 aliphatic rings. The first kappa shape index (κ1) is 9.44. The maximum Gasteiger partial charge on any atom is 0.256 e. The zero-order valence-corrected chi connectivity index (χ0v) is 6.90. The zero-order chi connectivity index (χ0) is 10.0. The lowest BCUT2D eigenvalue weighted by Crippen LogP contribution is -2.21. The molecule has 0 aromatic heterocycles. The lowest BCUT2D eigenvalue weighted by atomic mass is 10.1. The van der Waals surface area contributed by atoms with Gasteiger partial charge in [0.05, 0.1) is 0 Å². The van der Waals surface area contributed by atoms with E-state index < -0.39 is 23.1 Å².